The Morgan fingerprint density at radius 2 is 2.03 bits per heavy atom. The Morgan fingerprint density at radius 1 is 1.14 bits per heavy atom. The Balaban J connectivity index is 1.36. The van der Waals surface area contributed by atoms with Crippen molar-refractivity contribution in [1.29, 1.82) is 0 Å². The van der Waals surface area contributed by atoms with Gasteiger partial charge in [-0.05, 0) is 32.0 Å². The van der Waals surface area contributed by atoms with Crippen molar-refractivity contribution in [3.63, 3.8) is 0 Å². The Morgan fingerprint density at radius 3 is 2.81 bits per heavy atom. The number of rotatable bonds is 11. The average molecular weight is 488 g/mol. The number of nitrogens with zero attached hydrogens (tertiary/aromatic N) is 4. The third-order valence-electron chi connectivity index (χ3n) is 5.59. The Bertz CT molecular complexity index is 1350. The van der Waals surface area contributed by atoms with Crippen LogP contribution in [0.2, 0.25) is 0 Å². The van der Waals surface area contributed by atoms with Gasteiger partial charge in [-0.2, -0.15) is 0 Å². The molecule has 0 saturated carbocycles. The minimum absolute atomic E-state index is 0.113. The lowest BCUT2D eigenvalue weighted by Crippen LogP contribution is -2.34. The van der Waals surface area contributed by atoms with E-state index in [0.717, 1.165) is 22.5 Å². The molecule has 1 aromatic carbocycles. The van der Waals surface area contributed by atoms with E-state index in [4.69, 9.17) is 4.74 Å². The van der Waals surface area contributed by atoms with E-state index in [1.165, 1.54) is 4.57 Å². The van der Waals surface area contributed by atoms with Crippen LogP contribution in [0.15, 0.2) is 66.1 Å². The van der Waals surface area contributed by atoms with Crippen molar-refractivity contribution in [3.8, 4) is 5.75 Å². The first-order chi connectivity index (χ1) is 17.5. The van der Waals surface area contributed by atoms with Crippen molar-refractivity contribution >= 4 is 11.7 Å². The number of aromatic amines is 1. The van der Waals surface area contributed by atoms with Gasteiger partial charge < -0.3 is 20.4 Å². The molecule has 0 spiro atoms. The highest BCUT2D eigenvalue weighted by Gasteiger charge is 2.13. The van der Waals surface area contributed by atoms with E-state index >= 15 is 0 Å². The number of aromatic nitrogens is 5. The summed E-state index contributed by atoms with van der Waals surface area (Å²) in [7, 11) is 0. The molecule has 0 radical (unpaired) electrons. The summed E-state index contributed by atoms with van der Waals surface area (Å²) in [5.41, 5.74) is 3.92. The van der Waals surface area contributed by atoms with Gasteiger partial charge in [0.2, 0.25) is 5.91 Å². The summed E-state index contributed by atoms with van der Waals surface area (Å²) < 4.78 is 7.33. The van der Waals surface area contributed by atoms with Gasteiger partial charge in [-0.3, -0.25) is 19.1 Å². The van der Waals surface area contributed by atoms with Gasteiger partial charge in [-0.25, -0.2) is 9.97 Å². The highest BCUT2D eigenvalue weighted by Crippen LogP contribution is 2.21. The van der Waals surface area contributed by atoms with Gasteiger partial charge in [0.1, 0.15) is 18.9 Å². The largest absolute Gasteiger partial charge is 0.487 e. The monoisotopic (exact) mass is 487 g/mol. The minimum Gasteiger partial charge on any atom is -0.487 e. The molecule has 0 aliphatic heterocycles. The van der Waals surface area contributed by atoms with Crippen molar-refractivity contribution in [2.45, 2.75) is 40.0 Å². The predicted molar refractivity (Wildman–Crippen MR) is 136 cm³/mol. The molecule has 4 aromatic rings. The fourth-order valence-corrected chi connectivity index (χ4v) is 3.64. The van der Waals surface area contributed by atoms with Crippen LogP contribution in [0.5, 0.6) is 5.75 Å². The smallest absolute Gasteiger partial charge is 0.293 e. The number of H-pyrrole nitrogens is 1. The van der Waals surface area contributed by atoms with Gasteiger partial charge in [0.15, 0.2) is 5.82 Å². The third kappa shape index (κ3) is 6.56. The van der Waals surface area contributed by atoms with Gasteiger partial charge in [0.25, 0.3) is 5.56 Å². The molecule has 0 bridgehead atoms. The van der Waals surface area contributed by atoms with Crippen LogP contribution in [0.1, 0.15) is 28.2 Å². The number of nitrogens with one attached hydrogen (secondary N) is 3. The normalized spacial score (nSPS) is 10.7. The highest BCUT2D eigenvalue weighted by atomic mass is 16.5. The number of carbonyl (C=O) groups is 1. The standard InChI is InChI=1S/C26H29N7O3/c1-18-6-7-23(36-16-22-14-27-17-32-22)20(11-18)13-30-24(34)15-33-19(2)12-31-25(26(33)35)29-10-8-21-5-3-4-9-28-21/h3-7,9,11-12,14,17H,8,10,13,15-16H2,1-2H3,(H,27,32)(H,29,31)(H,30,34). The maximum atomic E-state index is 13.0. The molecule has 3 heterocycles. The number of anilines is 1. The van der Waals surface area contributed by atoms with E-state index in [-0.39, 0.29) is 30.4 Å². The molecule has 1 amide bonds. The first-order valence-corrected chi connectivity index (χ1v) is 11.7. The van der Waals surface area contributed by atoms with E-state index in [2.05, 4.69) is 30.6 Å². The van der Waals surface area contributed by atoms with Gasteiger partial charge >= 0.3 is 0 Å². The topological polar surface area (TPSA) is 127 Å². The molecular weight excluding hydrogens is 458 g/mol. The number of hydrogen-bond donors (Lipinski definition) is 3. The predicted octanol–water partition coefficient (Wildman–Crippen LogP) is 2.53. The molecule has 0 unspecified atom stereocenters. The molecular formula is C26H29N7O3. The molecule has 3 N–H and O–H groups in total. The zero-order chi connectivity index (χ0) is 25.3. The second kappa shape index (κ2) is 11.8. The third-order valence-corrected chi connectivity index (χ3v) is 5.59. The molecule has 10 nitrogen and oxygen atoms in total. The number of imidazole rings is 1. The van der Waals surface area contributed by atoms with E-state index in [9.17, 15) is 9.59 Å². The quantitative estimate of drug-likeness (QED) is 0.297. The van der Waals surface area contributed by atoms with Gasteiger partial charge in [-0.1, -0.05) is 23.8 Å². The summed E-state index contributed by atoms with van der Waals surface area (Å²) in [6.45, 7) is 4.73. The summed E-state index contributed by atoms with van der Waals surface area (Å²) in [4.78, 5) is 41.2. The van der Waals surface area contributed by atoms with Crippen LogP contribution in [0.3, 0.4) is 0 Å². The number of aryl methyl sites for hydroxylation is 2. The van der Waals surface area contributed by atoms with Crippen LogP contribution >= 0.6 is 0 Å². The van der Waals surface area contributed by atoms with Crippen molar-refractivity contribution in [2.24, 2.45) is 0 Å². The van der Waals surface area contributed by atoms with E-state index in [0.29, 0.717) is 31.0 Å². The molecule has 10 heteroatoms. The number of pyridine rings is 1. The van der Waals surface area contributed by atoms with Crippen LogP contribution in [0.4, 0.5) is 5.82 Å². The Kier molecular flexibility index (Phi) is 8.07. The zero-order valence-electron chi connectivity index (χ0n) is 20.3. The Labute approximate surface area is 208 Å². The number of amides is 1. The van der Waals surface area contributed by atoms with Crippen LogP contribution in [-0.4, -0.2) is 37.0 Å². The molecule has 0 aliphatic carbocycles. The number of hydrogen-bond acceptors (Lipinski definition) is 7. The molecule has 3 aromatic heterocycles. The summed E-state index contributed by atoms with van der Waals surface area (Å²) in [5.74, 6) is 0.594. The lowest BCUT2D eigenvalue weighted by Gasteiger charge is -2.14. The molecule has 36 heavy (non-hydrogen) atoms. The van der Waals surface area contributed by atoms with Crippen LogP contribution < -0.4 is 20.9 Å². The van der Waals surface area contributed by atoms with Crippen LogP contribution in [0.25, 0.3) is 0 Å². The summed E-state index contributed by atoms with van der Waals surface area (Å²) in [5, 5.41) is 5.96. The number of ether oxygens (including phenoxy) is 1. The fourth-order valence-electron chi connectivity index (χ4n) is 3.64. The second-order valence-corrected chi connectivity index (χ2v) is 8.39. The highest BCUT2D eigenvalue weighted by molar-refractivity contribution is 5.76. The second-order valence-electron chi connectivity index (χ2n) is 8.39. The maximum Gasteiger partial charge on any atom is 0.293 e. The van der Waals surface area contributed by atoms with Gasteiger partial charge in [0.05, 0.1) is 18.2 Å². The van der Waals surface area contributed by atoms with Crippen molar-refractivity contribution < 1.29 is 9.53 Å². The molecule has 0 fully saturated rings. The summed E-state index contributed by atoms with van der Waals surface area (Å²) >= 11 is 0. The van der Waals surface area contributed by atoms with Gasteiger partial charge in [-0.15, -0.1) is 0 Å². The molecule has 186 valence electrons. The Hall–Kier alpha value is -4.47. The number of carbonyl (C=O) groups excluding carboxylic acids is 1. The molecule has 0 saturated heterocycles. The summed E-state index contributed by atoms with van der Waals surface area (Å²) in [6, 6.07) is 11.5. The first kappa shape index (κ1) is 24.6. The first-order valence-electron chi connectivity index (χ1n) is 11.7. The van der Waals surface area contributed by atoms with Crippen molar-refractivity contribution in [2.75, 3.05) is 11.9 Å². The SMILES string of the molecule is Cc1ccc(OCc2cnc[nH]2)c(CNC(=O)Cn2c(C)cnc(NCCc3ccccn3)c2=O)c1. The lowest BCUT2D eigenvalue weighted by molar-refractivity contribution is -0.121. The lowest BCUT2D eigenvalue weighted by atomic mass is 10.1. The average Bonchev–Trinajstić information content (AvgIpc) is 3.40. The van der Waals surface area contributed by atoms with E-state index < -0.39 is 0 Å². The zero-order valence-corrected chi connectivity index (χ0v) is 20.3. The van der Waals surface area contributed by atoms with Gasteiger partial charge in [0, 0.05) is 48.9 Å². The van der Waals surface area contributed by atoms with Crippen LogP contribution in [-0.2, 0) is 30.9 Å². The summed E-state index contributed by atoms with van der Waals surface area (Å²) in [6.07, 6.45) is 7.26. The van der Waals surface area contributed by atoms with Crippen molar-refractivity contribution in [3.05, 3.63) is 99.9 Å². The molecule has 4 rings (SSSR count). The molecule has 0 atom stereocenters. The van der Waals surface area contributed by atoms with E-state index in [1.807, 2.05) is 43.3 Å². The van der Waals surface area contributed by atoms with Crippen LogP contribution in [0, 0.1) is 13.8 Å². The fraction of sp³-hybridized carbons (Fsp3) is 0.269. The molecule has 0 aliphatic rings. The van der Waals surface area contributed by atoms with Crippen molar-refractivity contribution in [1.82, 2.24) is 29.8 Å². The maximum absolute atomic E-state index is 13.0. The van der Waals surface area contributed by atoms with E-state index in [1.54, 1.807) is 31.8 Å². The number of benzene rings is 1. The minimum atomic E-state index is -0.342.